The summed E-state index contributed by atoms with van der Waals surface area (Å²) in [5.41, 5.74) is 0. The predicted molar refractivity (Wildman–Crippen MR) is 100 cm³/mol. The Bertz CT molecular complexity index is 770. The molecule has 0 aliphatic carbocycles. The highest BCUT2D eigenvalue weighted by atomic mass is 16.6. The second kappa shape index (κ2) is 10.3. The molecule has 0 bridgehead atoms. The molecule has 0 spiro atoms. The van der Waals surface area contributed by atoms with Gasteiger partial charge in [0.25, 0.3) is 0 Å². The molecule has 2 unspecified atom stereocenters. The Balaban J connectivity index is 2.46. The third-order valence-electron chi connectivity index (χ3n) is 4.48. The van der Waals surface area contributed by atoms with Crippen LogP contribution in [0.5, 0.6) is 0 Å². The van der Waals surface area contributed by atoms with Crippen LogP contribution in [0.2, 0.25) is 0 Å². The standard InChI is InChI=1S/C18H25N3O10/c1-8(23)29-12-7-28-17(14(31-10(3)25)13(12)30-9(2)24)19-15-11(6-22)16(26)20-18(27-5)21(15)4/h6,11-14,17-18H,7H2,1-5H3,(H,20,26)/t11?,12-,13+,14-,17-,18?/m1/s1. The number of hydrogen-bond donors (Lipinski definition) is 1. The zero-order valence-electron chi connectivity index (χ0n) is 17.7. The molecular formula is C18H25N3O10. The van der Waals surface area contributed by atoms with Crippen LogP contribution in [-0.4, -0.2) is 92.5 Å². The lowest BCUT2D eigenvalue weighted by atomic mass is 10.0. The SMILES string of the molecule is COC1NC(=O)C(C=O)C(=N[C@@H]2OC[C@@H](OC(C)=O)[C@H](OC(C)=O)[C@H]2OC(C)=O)N1C. The molecule has 2 aliphatic heterocycles. The maximum absolute atomic E-state index is 12.3. The van der Waals surface area contributed by atoms with Crippen molar-refractivity contribution in [3.05, 3.63) is 0 Å². The summed E-state index contributed by atoms with van der Waals surface area (Å²) in [6.45, 7) is 3.18. The zero-order valence-corrected chi connectivity index (χ0v) is 17.7. The van der Waals surface area contributed by atoms with Gasteiger partial charge in [0, 0.05) is 34.9 Å². The third-order valence-corrected chi connectivity index (χ3v) is 4.48. The Morgan fingerprint density at radius 2 is 1.68 bits per heavy atom. The van der Waals surface area contributed by atoms with Crippen molar-refractivity contribution < 1.29 is 47.7 Å². The highest BCUT2D eigenvalue weighted by molar-refractivity contribution is 6.15. The summed E-state index contributed by atoms with van der Waals surface area (Å²) in [7, 11) is 2.87. The molecule has 2 rings (SSSR count). The van der Waals surface area contributed by atoms with E-state index in [1.807, 2.05) is 0 Å². The molecule has 172 valence electrons. The molecule has 2 heterocycles. The first kappa shape index (κ1) is 24.2. The molecule has 0 aromatic heterocycles. The summed E-state index contributed by atoms with van der Waals surface area (Å²) in [5.74, 6) is -4.06. The first-order chi connectivity index (χ1) is 14.6. The molecule has 1 N–H and O–H groups in total. The maximum Gasteiger partial charge on any atom is 0.303 e. The molecule has 6 atom stereocenters. The van der Waals surface area contributed by atoms with Crippen LogP contribution < -0.4 is 5.32 Å². The first-order valence-electron chi connectivity index (χ1n) is 9.31. The average molecular weight is 443 g/mol. The largest absolute Gasteiger partial charge is 0.456 e. The van der Waals surface area contributed by atoms with E-state index in [2.05, 4.69) is 10.3 Å². The van der Waals surface area contributed by atoms with Crippen molar-refractivity contribution in [2.45, 2.75) is 51.7 Å². The monoisotopic (exact) mass is 443 g/mol. The van der Waals surface area contributed by atoms with Crippen molar-refractivity contribution in [1.82, 2.24) is 10.2 Å². The number of amides is 1. The molecule has 2 fully saturated rings. The number of hydrogen-bond acceptors (Lipinski definition) is 11. The van der Waals surface area contributed by atoms with Crippen molar-refractivity contribution in [1.29, 1.82) is 0 Å². The molecule has 2 aliphatic rings. The summed E-state index contributed by atoms with van der Waals surface area (Å²) in [6, 6.07) is 0. The summed E-state index contributed by atoms with van der Waals surface area (Å²) in [5, 5.41) is 2.49. The van der Waals surface area contributed by atoms with E-state index in [-0.39, 0.29) is 12.4 Å². The fraction of sp³-hybridized carbons (Fsp3) is 0.667. The van der Waals surface area contributed by atoms with Gasteiger partial charge in [0.1, 0.15) is 12.1 Å². The van der Waals surface area contributed by atoms with Crippen LogP contribution in [0.4, 0.5) is 0 Å². The molecule has 0 aromatic carbocycles. The maximum atomic E-state index is 12.3. The quantitative estimate of drug-likeness (QED) is 0.217. The van der Waals surface area contributed by atoms with Crippen LogP contribution in [0, 0.1) is 5.92 Å². The van der Waals surface area contributed by atoms with Crippen molar-refractivity contribution in [3.8, 4) is 0 Å². The number of carbonyl (C=O) groups is 5. The van der Waals surface area contributed by atoms with Gasteiger partial charge in [0.15, 0.2) is 30.5 Å². The number of esters is 3. The number of nitrogens with one attached hydrogen (secondary N) is 1. The van der Waals surface area contributed by atoms with E-state index in [0.29, 0.717) is 6.29 Å². The van der Waals surface area contributed by atoms with E-state index in [1.165, 1.54) is 19.1 Å². The Labute approximate surface area is 178 Å². The lowest BCUT2D eigenvalue weighted by molar-refractivity contribution is -0.224. The lowest BCUT2D eigenvalue weighted by Gasteiger charge is -2.41. The van der Waals surface area contributed by atoms with E-state index in [0.717, 1.165) is 20.8 Å². The van der Waals surface area contributed by atoms with Crippen LogP contribution >= 0.6 is 0 Å². The summed E-state index contributed by atoms with van der Waals surface area (Å²) < 4.78 is 26.4. The van der Waals surface area contributed by atoms with Crippen molar-refractivity contribution in [2.24, 2.45) is 10.9 Å². The minimum Gasteiger partial charge on any atom is -0.456 e. The summed E-state index contributed by atoms with van der Waals surface area (Å²) in [4.78, 5) is 64.3. The van der Waals surface area contributed by atoms with E-state index in [1.54, 1.807) is 0 Å². The number of aldehydes is 1. The van der Waals surface area contributed by atoms with Gasteiger partial charge in [-0.25, -0.2) is 4.99 Å². The Hall–Kier alpha value is -3.06. The summed E-state index contributed by atoms with van der Waals surface area (Å²) in [6.07, 6.45) is -5.41. The van der Waals surface area contributed by atoms with E-state index >= 15 is 0 Å². The molecule has 0 saturated carbocycles. The minimum atomic E-state index is -1.32. The summed E-state index contributed by atoms with van der Waals surface area (Å²) >= 11 is 0. The molecule has 0 aromatic rings. The van der Waals surface area contributed by atoms with Crippen molar-refractivity contribution in [3.63, 3.8) is 0 Å². The molecule has 2 saturated heterocycles. The number of ether oxygens (including phenoxy) is 5. The van der Waals surface area contributed by atoms with E-state index in [4.69, 9.17) is 23.7 Å². The van der Waals surface area contributed by atoms with Gasteiger partial charge in [-0.15, -0.1) is 0 Å². The Morgan fingerprint density at radius 3 is 2.19 bits per heavy atom. The predicted octanol–water partition coefficient (Wildman–Crippen LogP) is -1.66. The topological polar surface area (TPSA) is 159 Å². The second-order valence-electron chi connectivity index (χ2n) is 6.83. The van der Waals surface area contributed by atoms with Crippen molar-refractivity contribution in [2.75, 3.05) is 20.8 Å². The minimum absolute atomic E-state index is 0.0136. The molecule has 13 nitrogen and oxygen atoms in total. The number of carbonyl (C=O) groups excluding carboxylic acids is 5. The number of nitrogens with zero attached hydrogens (tertiary/aromatic N) is 2. The molecule has 0 radical (unpaired) electrons. The number of aliphatic imine (C=N–C) groups is 1. The normalized spacial score (nSPS) is 32.1. The van der Waals surface area contributed by atoms with Gasteiger partial charge in [0.05, 0.1) is 6.61 Å². The van der Waals surface area contributed by atoms with Gasteiger partial charge in [-0.3, -0.25) is 19.2 Å². The Morgan fingerprint density at radius 1 is 1.10 bits per heavy atom. The third kappa shape index (κ3) is 5.76. The van der Waals surface area contributed by atoms with Gasteiger partial charge in [-0.05, 0) is 0 Å². The second-order valence-corrected chi connectivity index (χ2v) is 6.83. The van der Waals surface area contributed by atoms with E-state index < -0.39 is 60.6 Å². The van der Waals surface area contributed by atoms with E-state index in [9.17, 15) is 24.0 Å². The smallest absolute Gasteiger partial charge is 0.303 e. The van der Waals surface area contributed by atoms with Crippen LogP contribution in [0.25, 0.3) is 0 Å². The molecule has 13 heteroatoms. The average Bonchev–Trinajstić information content (AvgIpc) is 2.67. The number of rotatable bonds is 6. The first-order valence-corrected chi connectivity index (χ1v) is 9.31. The fourth-order valence-electron chi connectivity index (χ4n) is 3.24. The number of amidine groups is 1. The zero-order chi connectivity index (χ0) is 23.3. The molecule has 1 amide bonds. The fourth-order valence-corrected chi connectivity index (χ4v) is 3.24. The molecule has 31 heavy (non-hydrogen) atoms. The van der Waals surface area contributed by atoms with Crippen LogP contribution in [-0.2, 0) is 47.7 Å². The van der Waals surface area contributed by atoms with Crippen LogP contribution in [0.15, 0.2) is 4.99 Å². The van der Waals surface area contributed by atoms with Crippen molar-refractivity contribution >= 4 is 35.9 Å². The van der Waals surface area contributed by atoms with Gasteiger partial charge >= 0.3 is 17.9 Å². The van der Waals surface area contributed by atoms with Gasteiger partial charge < -0.3 is 38.7 Å². The highest BCUT2D eigenvalue weighted by Gasteiger charge is 2.48. The van der Waals surface area contributed by atoms with Gasteiger partial charge in [0.2, 0.25) is 12.3 Å². The lowest BCUT2D eigenvalue weighted by Crippen LogP contribution is -2.62. The van der Waals surface area contributed by atoms with Crippen LogP contribution in [0.1, 0.15) is 20.8 Å². The number of methoxy groups -OCH3 is 1. The van der Waals surface area contributed by atoms with Gasteiger partial charge in [-0.1, -0.05) is 0 Å². The Kier molecular flexibility index (Phi) is 8.05. The highest BCUT2D eigenvalue weighted by Crippen LogP contribution is 2.26. The molecular weight excluding hydrogens is 418 g/mol. The van der Waals surface area contributed by atoms with Crippen LogP contribution in [0.3, 0.4) is 0 Å². The van der Waals surface area contributed by atoms with Gasteiger partial charge in [-0.2, -0.15) is 0 Å².